The number of alkyl halides is 5. The van der Waals surface area contributed by atoms with Gasteiger partial charge in [0.1, 0.15) is 5.75 Å². The summed E-state index contributed by atoms with van der Waals surface area (Å²) in [6, 6.07) is 12.8. The smallest absolute Gasteiger partial charge is 0.416 e. The second kappa shape index (κ2) is 9.07. The number of aliphatic hydroxyl groups is 1. The van der Waals surface area contributed by atoms with Crippen molar-refractivity contribution in [1.29, 1.82) is 0 Å². The minimum absolute atomic E-state index is 0.0633. The van der Waals surface area contributed by atoms with Crippen LogP contribution in [-0.4, -0.2) is 30.5 Å². The maximum absolute atomic E-state index is 13.2. The number of nitrogens with zero attached hydrogens (tertiary/aromatic N) is 1. The summed E-state index contributed by atoms with van der Waals surface area (Å²) in [6.07, 6.45) is -6.30. The van der Waals surface area contributed by atoms with Crippen LogP contribution in [-0.2, 0) is 6.42 Å². The zero-order valence-electron chi connectivity index (χ0n) is 16.7. The molecule has 0 saturated heterocycles. The van der Waals surface area contributed by atoms with Crippen LogP contribution in [0.3, 0.4) is 0 Å². The molecule has 0 aliphatic carbocycles. The van der Waals surface area contributed by atoms with Gasteiger partial charge in [0.2, 0.25) is 0 Å². The molecule has 1 aliphatic heterocycles. The molecule has 2 atom stereocenters. The molecular weight excluding hydrogens is 449 g/mol. The fourth-order valence-electron chi connectivity index (χ4n) is 4.16. The fourth-order valence-corrected chi connectivity index (χ4v) is 4.82. The number of rotatable bonds is 6. The summed E-state index contributed by atoms with van der Waals surface area (Å²) in [5.41, 5.74) is 3.95. The summed E-state index contributed by atoms with van der Waals surface area (Å²) in [4.78, 5) is 1.52. The molecule has 170 valence electrons. The van der Waals surface area contributed by atoms with E-state index in [2.05, 4.69) is 4.74 Å². The van der Waals surface area contributed by atoms with Crippen LogP contribution in [0.4, 0.5) is 27.6 Å². The third-order valence-corrected chi connectivity index (χ3v) is 6.24. The number of β-amino-alcohol motifs (C(OH)–C–C–N with tert-alkyl or cyclic N) is 1. The summed E-state index contributed by atoms with van der Waals surface area (Å²) in [5, 5.41) is 13.8. The quantitative estimate of drug-likeness (QED) is 0.422. The van der Waals surface area contributed by atoms with Crippen molar-refractivity contribution in [3.8, 4) is 16.9 Å². The predicted molar refractivity (Wildman–Crippen MR) is 113 cm³/mol. The lowest BCUT2D eigenvalue weighted by molar-refractivity contribution is -0.200. The van der Waals surface area contributed by atoms with E-state index in [4.69, 9.17) is 0 Å². The molecule has 1 aromatic heterocycles. The van der Waals surface area contributed by atoms with Gasteiger partial charge in [-0.3, -0.25) is 0 Å². The third kappa shape index (κ3) is 4.73. The van der Waals surface area contributed by atoms with E-state index in [9.17, 15) is 27.1 Å². The number of aliphatic hydroxyl groups excluding tert-OH is 1. The average molecular weight is 469 g/mol. The van der Waals surface area contributed by atoms with Crippen LogP contribution in [0.5, 0.6) is 5.75 Å². The first-order valence-corrected chi connectivity index (χ1v) is 10.9. The highest BCUT2D eigenvalue weighted by Crippen LogP contribution is 2.44. The Labute approximate surface area is 185 Å². The van der Waals surface area contributed by atoms with E-state index in [1.807, 2.05) is 22.9 Å². The molecule has 0 bridgehead atoms. The molecular formula is C23H20F5NO2S. The summed E-state index contributed by atoms with van der Waals surface area (Å²) < 4.78 is 69.5. The lowest BCUT2D eigenvalue weighted by Crippen LogP contribution is -2.44. The van der Waals surface area contributed by atoms with Gasteiger partial charge in [0.15, 0.2) is 6.10 Å². The van der Waals surface area contributed by atoms with Gasteiger partial charge in [-0.25, -0.2) is 0 Å². The molecule has 0 radical (unpaired) electrons. The molecule has 3 aromatic rings. The molecule has 9 heteroatoms. The Kier molecular flexibility index (Phi) is 6.39. The first-order valence-electron chi connectivity index (χ1n) is 9.94. The lowest BCUT2D eigenvalue weighted by atomic mass is 9.87. The molecule has 0 spiro atoms. The Morgan fingerprint density at radius 1 is 1.12 bits per heavy atom. The van der Waals surface area contributed by atoms with Crippen molar-refractivity contribution in [2.75, 3.05) is 11.4 Å². The van der Waals surface area contributed by atoms with Crippen LogP contribution in [0.25, 0.3) is 11.1 Å². The summed E-state index contributed by atoms with van der Waals surface area (Å²) in [5.74, 6) is -0.0633. The van der Waals surface area contributed by atoms with Gasteiger partial charge in [-0.1, -0.05) is 24.3 Å². The van der Waals surface area contributed by atoms with Crippen LogP contribution in [0.1, 0.15) is 23.6 Å². The maximum Gasteiger partial charge on any atom is 0.416 e. The average Bonchev–Trinajstić information content (AvgIpc) is 3.27. The molecule has 2 aromatic carbocycles. The molecule has 3 nitrogen and oxygen atoms in total. The molecule has 1 N–H and O–H groups in total. The van der Waals surface area contributed by atoms with Gasteiger partial charge in [-0.05, 0) is 70.1 Å². The van der Waals surface area contributed by atoms with Crippen molar-refractivity contribution in [1.82, 2.24) is 0 Å². The van der Waals surface area contributed by atoms with Gasteiger partial charge >= 0.3 is 12.8 Å². The Bertz CT molecular complexity index is 1050. The van der Waals surface area contributed by atoms with Gasteiger partial charge in [0.05, 0.1) is 12.6 Å². The molecule has 0 saturated carbocycles. The number of anilines is 1. The molecule has 4 rings (SSSR count). The van der Waals surface area contributed by atoms with Crippen molar-refractivity contribution in [3.05, 3.63) is 70.4 Å². The van der Waals surface area contributed by atoms with Gasteiger partial charge < -0.3 is 14.7 Å². The first-order chi connectivity index (χ1) is 15.2. The summed E-state index contributed by atoms with van der Waals surface area (Å²) in [6.45, 7) is -3.68. The van der Waals surface area contributed by atoms with Crippen LogP contribution >= 0.6 is 11.3 Å². The molecule has 0 fully saturated rings. The number of halogens is 5. The van der Waals surface area contributed by atoms with E-state index in [-0.39, 0.29) is 5.75 Å². The lowest BCUT2D eigenvalue weighted by Gasteiger charge is -2.41. The monoisotopic (exact) mass is 469 g/mol. The van der Waals surface area contributed by atoms with E-state index in [1.54, 1.807) is 18.2 Å². The Morgan fingerprint density at radius 3 is 2.59 bits per heavy atom. The zero-order valence-corrected chi connectivity index (χ0v) is 17.5. The highest BCUT2D eigenvalue weighted by molar-refractivity contribution is 7.08. The molecule has 32 heavy (non-hydrogen) atoms. The second-order valence-electron chi connectivity index (χ2n) is 7.53. The number of hydrogen-bond donors (Lipinski definition) is 1. The van der Waals surface area contributed by atoms with E-state index in [0.29, 0.717) is 24.1 Å². The number of ether oxygens (including phenoxy) is 1. The number of benzene rings is 2. The first kappa shape index (κ1) is 22.5. The minimum atomic E-state index is -4.78. The van der Waals surface area contributed by atoms with Crippen LogP contribution in [0, 0.1) is 0 Å². The largest absolute Gasteiger partial charge is 0.435 e. The normalized spacial score (nSPS) is 17.3. The van der Waals surface area contributed by atoms with Crippen molar-refractivity contribution >= 4 is 17.0 Å². The van der Waals surface area contributed by atoms with E-state index in [1.165, 1.54) is 34.4 Å². The predicted octanol–water partition coefficient (Wildman–Crippen LogP) is 6.43. The maximum atomic E-state index is 13.2. The highest BCUT2D eigenvalue weighted by atomic mass is 32.1. The van der Waals surface area contributed by atoms with Gasteiger partial charge in [-0.15, -0.1) is 0 Å². The zero-order chi connectivity index (χ0) is 22.9. The third-order valence-electron chi connectivity index (χ3n) is 5.55. The van der Waals surface area contributed by atoms with Crippen molar-refractivity contribution in [2.24, 2.45) is 0 Å². The van der Waals surface area contributed by atoms with E-state index < -0.39 is 31.5 Å². The number of hydrogen-bond acceptors (Lipinski definition) is 4. The topological polar surface area (TPSA) is 32.7 Å². The summed E-state index contributed by atoms with van der Waals surface area (Å²) in [7, 11) is 0. The van der Waals surface area contributed by atoms with Crippen LogP contribution in [0.15, 0.2) is 59.3 Å². The molecule has 1 aliphatic rings. The fraction of sp³-hybridized carbons (Fsp3) is 0.304. The van der Waals surface area contributed by atoms with Crippen molar-refractivity contribution in [3.63, 3.8) is 0 Å². The Balaban J connectivity index is 1.76. The highest BCUT2D eigenvalue weighted by Gasteiger charge is 2.41. The number of thiophene rings is 1. The van der Waals surface area contributed by atoms with Crippen molar-refractivity contribution in [2.45, 2.75) is 37.8 Å². The van der Waals surface area contributed by atoms with Crippen molar-refractivity contribution < 1.29 is 31.8 Å². The molecule has 2 unspecified atom stereocenters. The Hall–Kier alpha value is -2.65. The van der Waals surface area contributed by atoms with E-state index in [0.717, 1.165) is 16.7 Å². The Morgan fingerprint density at radius 2 is 1.91 bits per heavy atom. The van der Waals surface area contributed by atoms with E-state index >= 15 is 0 Å². The molecule has 2 heterocycles. The number of fused-ring (bicyclic) bond motifs is 1. The van der Waals surface area contributed by atoms with Gasteiger partial charge in [0.25, 0.3) is 0 Å². The van der Waals surface area contributed by atoms with Crippen LogP contribution in [0.2, 0.25) is 0 Å². The SMILES string of the molecule is OC(CN1c2cccc(-c3ccsc3)c2CCC1c1cccc(OC(F)F)c1)C(F)(F)F. The standard InChI is InChI=1S/C23H20F5NO2S/c24-22(25)31-16-4-1-3-14(11-16)19-8-7-18-17(15-9-10-32-13-15)5-2-6-20(18)29(19)12-21(30)23(26,27)28/h1-6,9-11,13,19,21-22,30H,7-8,12H2. The second-order valence-corrected chi connectivity index (χ2v) is 8.31. The minimum Gasteiger partial charge on any atom is -0.435 e. The van der Waals surface area contributed by atoms with Gasteiger partial charge in [0, 0.05) is 5.69 Å². The van der Waals surface area contributed by atoms with Crippen LogP contribution < -0.4 is 9.64 Å². The van der Waals surface area contributed by atoms with Gasteiger partial charge in [-0.2, -0.15) is 33.3 Å². The summed E-state index contributed by atoms with van der Waals surface area (Å²) >= 11 is 1.53. The molecule has 0 amide bonds.